The summed E-state index contributed by atoms with van der Waals surface area (Å²) in [5.41, 5.74) is 1.15. The molecule has 0 aliphatic heterocycles. The molecule has 128 valence electrons. The molecule has 0 aliphatic rings. The summed E-state index contributed by atoms with van der Waals surface area (Å²) in [4.78, 5) is 12.1. The number of halogens is 3. The van der Waals surface area contributed by atoms with Crippen LogP contribution in [0.1, 0.15) is 0 Å². The Morgan fingerprint density at radius 3 is 2.84 bits per heavy atom. The van der Waals surface area contributed by atoms with E-state index in [4.69, 9.17) is 23.2 Å². The predicted molar refractivity (Wildman–Crippen MR) is 97.1 cm³/mol. The number of nitrogens with zero attached hydrogens (tertiary/aromatic N) is 3. The lowest BCUT2D eigenvalue weighted by Gasteiger charge is -2.08. The number of carbonyl (C=O) groups excluding carboxylic acids is 1. The van der Waals surface area contributed by atoms with Crippen molar-refractivity contribution in [3.8, 4) is 5.69 Å². The molecule has 0 radical (unpaired) electrons. The molecule has 0 atom stereocenters. The van der Waals surface area contributed by atoms with Gasteiger partial charge in [-0.15, -0.1) is 10.2 Å². The van der Waals surface area contributed by atoms with Crippen molar-refractivity contribution in [1.29, 1.82) is 0 Å². The van der Waals surface area contributed by atoms with Gasteiger partial charge in [0.15, 0.2) is 5.16 Å². The lowest BCUT2D eigenvalue weighted by molar-refractivity contribution is -0.113. The van der Waals surface area contributed by atoms with E-state index in [2.05, 4.69) is 15.5 Å². The molecule has 0 bridgehead atoms. The van der Waals surface area contributed by atoms with E-state index >= 15 is 0 Å². The first-order valence-corrected chi connectivity index (χ1v) is 8.81. The Morgan fingerprint density at radius 1 is 1.24 bits per heavy atom. The van der Waals surface area contributed by atoms with Crippen molar-refractivity contribution >= 4 is 46.6 Å². The molecule has 0 unspecified atom stereocenters. The first-order chi connectivity index (χ1) is 12.0. The van der Waals surface area contributed by atoms with Crippen LogP contribution in [0.3, 0.4) is 0 Å². The minimum absolute atomic E-state index is 0.0902. The first kappa shape index (κ1) is 17.7. The van der Waals surface area contributed by atoms with Crippen LogP contribution in [0.25, 0.3) is 5.69 Å². The summed E-state index contributed by atoms with van der Waals surface area (Å²) in [7, 11) is 0. The molecule has 0 spiro atoms. The smallest absolute Gasteiger partial charge is 0.234 e. The Kier molecular flexibility index (Phi) is 5.57. The molecule has 0 fully saturated rings. The third-order valence-corrected chi connectivity index (χ3v) is 4.63. The summed E-state index contributed by atoms with van der Waals surface area (Å²) in [5, 5.41) is 11.8. The summed E-state index contributed by atoms with van der Waals surface area (Å²) >= 11 is 13.1. The van der Waals surface area contributed by atoms with Gasteiger partial charge in [0.25, 0.3) is 0 Å². The quantitative estimate of drug-likeness (QED) is 0.647. The number of hydrogen-bond donors (Lipinski definition) is 1. The molecule has 1 N–H and O–H groups in total. The Balaban J connectivity index is 1.66. The highest BCUT2D eigenvalue weighted by Gasteiger charge is 2.12. The van der Waals surface area contributed by atoms with E-state index < -0.39 is 5.82 Å². The molecule has 5 nitrogen and oxygen atoms in total. The Bertz CT molecular complexity index is 919. The van der Waals surface area contributed by atoms with Gasteiger partial charge in [0.1, 0.15) is 12.1 Å². The first-order valence-electron chi connectivity index (χ1n) is 7.06. The minimum Gasteiger partial charge on any atom is -0.324 e. The molecule has 1 heterocycles. The van der Waals surface area contributed by atoms with Crippen LogP contribution >= 0.6 is 35.0 Å². The zero-order chi connectivity index (χ0) is 17.8. The number of aromatic nitrogens is 3. The minimum atomic E-state index is -0.466. The summed E-state index contributed by atoms with van der Waals surface area (Å²) in [6.45, 7) is 0. The highest BCUT2D eigenvalue weighted by atomic mass is 35.5. The predicted octanol–water partition coefficient (Wildman–Crippen LogP) is 4.44. The van der Waals surface area contributed by atoms with Crippen molar-refractivity contribution in [2.75, 3.05) is 11.1 Å². The number of thioether (sulfide) groups is 1. The number of rotatable bonds is 5. The molecule has 3 aromatic rings. The van der Waals surface area contributed by atoms with Gasteiger partial charge in [0.2, 0.25) is 5.91 Å². The van der Waals surface area contributed by atoms with E-state index in [0.717, 1.165) is 11.8 Å². The van der Waals surface area contributed by atoms with Gasteiger partial charge in [0.05, 0.1) is 22.2 Å². The van der Waals surface area contributed by atoms with E-state index in [0.29, 0.717) is 15.9 Å². The van der Waals surface area contributed by atoms with Gasteiger partial charge in [0, 0.05) is 5.02 Å². The highest BCUT2D eigenvalue weighted by molar-refractivity contribution is 7.99. The Labute approximate surface area is 157 Å². The molecular formula is C16H11Cl2FN4OS. The van der Waals surface area contributed by atoms with Crippen molar-refractivity contribution in [1.82, 2.24) is 14.8 Å². The molecule has 0 aliphatic carbocycles. The molecule has 0 saturated carbocycles. The third-order valence-electron chi connectivity index (χ3n) is 3.14. The fourth-order valence-corrected chi connectivity index (χ4v) is 3.16. The van der Waals surface area contributed by atoms with E-state index in [9.17, 15) is 9.18 Å². The van der Waals surface area contributed by atoms with Crippen LogP contribution in [0.15, 0.2) is 53.9 Å². The molecule has 3 rings (SSSR count). The number of hydrogen-bond acceptors (Lipinski definition) is 4. The van der Waals surface area contributed by atoms with Gasteiger partial charge >= 0.3 is 0 Å². The Morgan fingerprint density at radius 2 is 2.08 bits per heavy atom. The maximum atomic E-state index is 13.0. The SMILES string of the molecule is O=C(CSc1nncn1-c1cccc(Cl)c1)Nc1ccc(F)cc1Cl. The fraction of sp³-hybridized carbons (Fsp3) is 0.0625. The topological polar surface area (TPSA) is 59.8 Å². The van der Waals surface area contributed by atoms with Crippen molar-refractivity contribution < 1.29 is 9.18 Å². The second-order valence-corrected chi connectivity index (χ2v) is 6.71. The van der Waals surface area contributed by atoms with Crippen LogP contribution in [0.2, 0.25) is 10.0 Å². The largest absolute Gasteiger partial charge is 0.324 e. The average molecular weight is 397 g/mol. The molecule has 1 aromatic heterocycles. The zero-order valence-electron chi connectivity index (χ0n) is 12.6. The zero-order valence-corrected chi connectivity index (χ0v) is 14.9. The van der Waals surface area contributed by atoms with E-state index in [1.165, 1.54) is 23.9 Å². The summed E-state index contributed by atoms with van der Waals surface area (Å²) < 4.78 is 14.8. The van der Waals surface area contributed by atoms with E-state index in [-0.39, 0.29) is 16.7 Å². The number of benzene rings is 2. The van der Waals surface area contributed by atoms with Crippen LogP contribution < -0.4 is 5.32 Å². The van der Waals surface area contributed by atoms with Crippen molar-refractivity contribution in [2.24, 2.45) is 0 Å². The normalized spacial score (nSPS) is 10.7. The number of amides is 1. The maximum Gasteiger partial charge on any atom is 0.234 e. The number of nitrogens with one attached hydrogen (secondary N) is 1. The van der Waals surface area contributed by atoms with Crippen LogP contribution in [-0.4, -0.2) is 26.4 Å². The summed E-state index contributed by atoms with van der Waals surface area (Å²) in [5.74, 6) is -0.668. The molecule has 0 saturated heterocycles. The Hall–Kier alpha value is -2.09. The van der Waals surface area contributed by atoms with Gasteiger partial charge < -0.3 is 5.32 Å². The molecule has 2 aromatic carbocycles. The fourth-order valence-electron chi connectivity index (χ4n) is 2.03. The van der Waals surface area contributed by atoms with E-state index in [1.54, 1.807) is 23.0 Å². The van der Waals surface area contributed by atoms with Crippen LogP contribution in [0.4, 0.5) is 10.1 Å². The summed E-state index contributed by atoms with van der Waals surface area (Å²) in [6.07, 6.45) is 1.54. The standard InChI is InChI=1S/C16H11Cl2FN4OS/c17-10-2-1-3-12(6-10)23-9-20-22-16(23)25-8-15(24)21-14-5-4-11(19)7-13(14)18/h1-7,9H,8H2,(H,21,24). The van der Waals surface area contributed by atoms with Crippen molar-refractivity contribution in [2.45, 2.75) is 5.16 Å². The highest BCUT2D eigenvalue weighted by Crippen LogP contribution is 2.24. The second-order valence-electron chi connectivity index (χ2n) is 4.92. The maximum absolute atomic E-state index is 13.0. The van der Waals surface area contributed by atoms with Crippen LogP contribution in [0.5, 0.6) is 0 Å². The van der Waals surface area contributed by atoms with Gasteiger partial charge in [-0.2, -0.15) is 0 Å². The van der Waals surface area contributed by atoms with Gasteiger partial charge in [-0.05, 0) is 36.4 Å². The van der Waals surface area contributed by atoms with Crippen LogP contribution in [0, 0.1) is 5.82 Å². The second kappa shape index (κ2) is 7.86. The van der Waals surface area contributed by atoms with E-state index in [1.807, 2.05) is 12.1 Å². The average Bonchev–Trinajstić information content (AvgIpc) is 3.04. The lowest BCUT2D eigenvalue weighted by Crippen LogP contribution is -2.14. The molecular weight excluding hydrogens is 386 g/mol. The van der Waals surface area contributed by atoms with Crippen molar-refractivity contribution in [3.63, 3.8) is 0 Å². The number of anilines is 1. The molecule has 1 amide bonds. The molecule has 9 heteroatoms. The van der Waals surface area contributed by atoms with Gasteiger partial charge in [-0.3, -0.25) is 9.36 Å². The molecule has 25 heavy (non-hydrogen) atoms. The lowest BCUT2D eigenvalue weighted by atomic mass is 10.3. The third kappa shape index (κ3) is 4.50. The summed E-state index contributed by atoms with van der Waals surface area (Å²) in [6, 6.07) is 11.0. The van der Waals surface area contributed by atoms with Gasteiger partial charge in [-0.1, -0.05) is 41.0 Å². The van der Waals surface area contributed by atoms with Crippen molar-refractivity contribution in [3.05, 3.63) is 64.7 Å². The van der Waals surface area contributed by atoms with Crippen LogP contribution in [-0.2, 0) is 4.79 Å². The van der Waals surface area contributed by atoms with Gasteiger partial charge in [-0.25, -0.2) is 4.39 Å². The number of carbonyl (C=O) groups is 1. The monoisotopic (exact) mass is 396 g/mol.